The highest BCUT2D eigenvalue weighted by atomic mass is 35.5. The van der Waals surface area contributed by atoms with Gasteiger partial charge in [-0.15, -0.1) is 21.5 Å². The van der Waals surface area contributed by atoms with E-state index in [1.165, 1.54) is 23.3 Å². The van der Waals surface area contributed by atoms with Crippen LogP contribution in [0.2, 0.25) is 4.34 Å². The Bertz CT molecular complexity index is 632. The van der Waals surface area contributed by atoms with Crippen molar-refractivity contribution < 1.29 is 0 Å². The Labute approximate surface area is 120 Å². The van der Waals surface area contributed by atoms with E-state index in [9.17, 15) is 0 Å². The largest absolute Gasteiger partial charge is 0.257 e. The fraction of sp³-hybridized carbons (Fsp3) is 0.111. The maximum atomic E-state index is 5.93. The fourth-order valence-corrected chi connectivity index (χ4v) is 3.45. The molecule has 5 nitrogen and oxygen atoms in total. The highest BCUT2D eigenvalue weighted by molar-refractivity contribution is 7.98. The van der Waals surface area contributed by atoms with Gasteiger partial charge in [0.25, 0.3) is 0 Å². The number of nitrogens with zero attached hydrogens (tertiary/aromatic N) is 4. The minimum Gasteiger partial charge on any atom is -0.257 e. The third kappa shape index (κ3) is 2.56. The molecule has 0 fully saturated rings. The molecule has 0 spiro atoms. The van der Waals surface area contributed by atoms with Crippen molar-refractivity contribution >= 4 is 46.2 Å². The first-order chi connectivity index (χ1) is 8.83. The van der Waals surface area contributed by atoms with E-state index in [0.29, 0.717) is 15.2 Å². The highest BCUT2D eigenvalue weighted by Gasteiger charge is 2.10. The number of rotatable bonds is 4. The molecule has 0 aliphatic heterocycles. The Morgan fingerprint density at radius 2 is 2.39 bits per heavy atom. The minimum atomic E-state index is 0.622. The van der Waals surface area contributed by atoms with E-state index in [1.54, 1.807) is 11.3 Å². The van der Waals surface area contributed by atoms with Crippen LogP contribution in [-0.4, -0.2) is 24.8 Å². The number of aromatic amines is 1. The molecule has 0 aliphatic carbocycles. The molecule has 0 amide bonds. The van der Waals surface area contributed by atoms with Crippen molar-refractivity contribution in [2.75, 3.05) is 0 Å². The summed E-state index contributed by atoms with van der Waals surface area (Å²) >= 11 is 10.2. The van der Waals surface area contributed by atoms with Crippen LogP contribution in [0.4, 0.5) is 0 Å². The van der Waals surface area contributed by atoms with Gasteiger partial charge in [0.1, 0.15) is 10.0 Å². The summed E-state index contributed by atoms with van der Waals surface area (Å²) in [6, 6.07) is 3.98. The average Bonchev–Trinajstić information content (AvgIpc) is 3.08. The summed E-state index contributed by atoms with van der Waals surface area (Å²) in [7, 11) is 0. The lowest BCUT2D eigenvalue weighted by Crippen LogP contribution is -1.83. The number of halogens is 1. The molecule has 0 atom stereocenters. The lowest BCUT2D eigenvalue weighted by molar-refractivity contribution is 0.970. The first-order valence-corrected chi connectivity index (χ1v) is 7.90. The predicted octanol–water partition coefficient (Wildman–Crippen LogP) is 3.33. The van der Waals surface area contributed by atoms with Crippen LogP contribution in [0.1, 0.15) is 5.69 Å². The van der Waals surface area contributed by atoms with Crippen molar-refractivity contribution in [3.8, 4) is 10.7 Å². The van der Waals surface area contributed by atoms with Crippen molar-refractivity contribution in [1.29, 1.82) is 0 Å². The molecule has 9 heteroatoms. The molecule has 1 N–H and O–H groups in total. The molecule has 0 unspecified atom stereocenters. The molecule has 3 rings (SSSR count). The number of nitrogens with one attached hydrogen (secondary N) is 1. The van der Waals surface area contributed by atoms with Gasteiger partial charge in [0, 0.05) is 17.3 Å². The van der Waals surface area contributed by atoms with Gasteiger partial charge in [0.05, 0.1) is 4.88 Å². The van der Waals surface area contributed by atoms with Crippen LogP contribution in [0.5, 0.6) is 0 Å². The van der Waals surface area contributed by atoms with E-state index in [-0.39, 0.29) is 0 Å². The summed E-state index contributed by atoms with van der Waals surface area (Å²) in [4.78, 5) is 5.47. The van der Waals surface area contributed by atoms with Gasteiger partial charge < -0.3 is 0 Å². The summed E-state index contributed by atoms with van der Waals surface area (Å²) in [6.07, 6.45) is 0. The van der Waals surface area contributed by atoms with Crippen LogP contribution in [0.25, 0.3) is 10.7 Å². The molecule has 0 aromatic carbocycles. The summed E-state index contributed by atoms with van der Waals surface area (Å²) in [5.74, 6) is 1.41. The zero-order valence-electron chi connectivity index (χ0n) is 8.83. The number of aromatic nitrogens is 5. The number of thiophene rings is 1. The Morgan fingerprint density at radius 1 is 1.44 bits per heavy atom. The monoisotopic (exact) mass is 315 g/mol. The Morgan fingerprint density at radius 3 is 3.11 bits per heavy atom. The predicted molar refractivity (Wildman–Crippen MR) is 74.2 cm³/mol. The fourth-order valence-electron chi connectivity index (χ4n) is 1.25. The number of thioether (sulfide) groups is 1. The van der Waals surface area contributed by atoms with Gasteiger partial charge in [0.2, 0.25) is 5.16 Å². The molecule has 0 radical (unpaired) electrons. The van der Waals surface area contributed by atoms with Crippen molar-refractivity contribution in [3.05, 3.63) is 27.5 Å². The van der Waals surface area contributed by atoms with E-state index in [1.807, 2.05) is 17.5 Å². The van der Waals surface area contributed by atoms with Gasteiger partial charge in [-0.25, -0.2) is 4.98 Å². The van der Waals surface area contributed by atoms with Gasteiger partial charge in [0.15, 0.2) is 5.82 Å². The third-order valence-electron chi connectivity index (χ3n) is 2.07. The second-order valence-corrected chi connectivity index (χ2v) is 6.47. The first-order valence-electron chi connectivity index (χ1n) is 4.89. The Kier molecular flexibility index (Phi) is 3.59. The maximum Gasteiger partial charge on any atom is 0.209 e. The normalized spacial score (nSPS) is 10.9. The molecule has 92 valence electrons. The van der Waals surface area contributed by atoms with Crippen molar-refractivity contribution in [2.45, 2.75) is 10.9 Å². The number of hydrogen-bond donors (Lipinski definition) is 1. The topological polar surface area (TPSA) is 67.3 Å². The maximum absolute atomic E-state index is 5.93. The van der Waals surface area contributed by atoms with Crippen molar-refractivity contribution in [3.63, 3.8) is 0 Å². The van der Waals surface area contributed by atoms with Gasteiger partial charge >= 0.3 is 0 Å². The lowest BCUT2D eigenvalue weighted by atomic mass is 10.4. The Hall–Kier alpha value is -0.960. The van der Waals surface area contributed by atoms with E-state index in [0.717, 1.165) is 16.4 Å². The molecular formula is C9H6ClN5S3. The standard InChI is InChI=1S/C9H6ClN5S3/c10-7-5(12-15-18-7)4-17-9-11-8(13-14-9)6-2-1-3-16-6/h1-3H,4H2,(H,11,13,14). The highest BCUT2D eigenvalue weighted by Crippen LogP contribution is 2.27. The van der Waals surface area contributed by atoms with E-state index >= 15 is 0 Å². The Balaban J connectivity index is 1.69. The van der Waals surface area contributed by atoms with Crippen LogP contribution < -0.4 is 0 Å². The van der Waals surface area contributed by atoms with Gasteiger partial charge in [-0.3, -0.25) is 5.10 Å². The van der Waals surface area contributed by atoms with Gasteiger partial charge in [-0.1, -0.05) is 33.9 Å². The molecular weight excluding hydrogens is 310 g/mol. The van der Waals surface area contributed by atoms with Crippen LogP contribution in [0.15, 0.2) is 22.7 Å². The van der Waals surface area contributed by atoms with E-state index in [2.05, 4.69) is 24.8 Å². The average molecular weight is 316 g/mol. The molecule has 18 heavy (non-hydrogen) atoms. The van der Waals surface area contributed by atoms with Crippen LogP contribution in [0, 0.1) is 0 Å². The zero-order chi connectivity index (χ0) is 12.4. The molecule has 0 bridgehead atoms. The van der Waals surface area contributed by atoms with E-state index in [4.69, 9.17) is 11.6 Å². The smallest absolute Gasteiger partial charge is 0.209 e. The second-order valence-electron chi connectivity index (χ2n) is 3.23. The zero-order valence-corrected chi connectivity index (χ0v) is 12.0. The number of hydrogen-bond acceptors (Lipinski definition) is 7. The molecule has 0 aliphatic rings. The summed E-state index contributed by atoms with van der Waals surface area (Å²) < 4.78 is 4.40. The van der Waals surface area contributed by atoms with Crippen LogP contribution in [0.3, 0.4) is 0 Å². The first kappa shape index (κ1) is 12.1. The quantitative estimate of drug-likeness (QED) is 0.748. The number of H-pyrrole nitrogens is 1. The van der Waals surface area contributed by atoms with Gasteiger partial charge in [-0.2, -0.15) is 0 Å². The summed E-state index contributed by atoms with van der Waals surface area (Å²) in [5.41, 5.74) is 0.772. The van der Waals surface area contributed by atoms with E-state index < -0.39 is 0 Å². The molecule has 3 heterocycles. The van der Waals surface area contributed by atoms with Crippen molar-refractivity contribution in [2.24, 2.45) is 0 Å². The minimum absolute atomic E-state index is 0.622. The lowest BCUT2D eigenvalue weighted by Gasteiger charge is -1.91. The second kappa shape index (κ2) is 5.35. The SMILES string of the molecule is Clc1snnc1CSc1n[nH]c(-c2cccs2)n1. The molecule has 3 aromatic heterocycles. The third-order valence-corrected chi connectivity index (χ3v) is 4.79. The molecule has 0 saturated carbocycles. The molecule has 0 saturated heterocycles. The van der Waals surface area contributed by atoms with Gasteiger partial charge in [-0.05, 0) is 11.4 Å². The summed E-state index contributed by atoms with van der Waals surface area (Å²) in [6.45, 7) is 0. The van der Waals surface area contributed by atoms with Crippen molar-refractivity contribution in [1.82, 2.24) is 24.8 Å². The molecule has 3 aromatic rings. The van der Waals surface area contributed by atoms with Crippen LogP contribution >= 0.6 is 46.2 Å². The summed E-state index contributed by atoms with van der Waals surface area (Å²) in [5, 5.41) is 13.7. The van der Waals surface area contributed by atoms with Crippen LogP contribution in [-0.2, 0) is 5.75 Å².